The second-order valence-corrected chi connectivity index (χ2v) is 5.94. The maximum absolute atomic E-state index is 11.0. The number of fused-ring (bicyclic) bond motifs is 1. The van der Waals surface area contributed by atoms with Crippen LogP contribution in [-0.2, 0) is 0 Å². The molecule has 2 aromatic carbocycles. The molecule has 0 unspecified atom stereocenters. The minimum atomic E-state index is -0.327. The first-order valence-corrected chi connectivity index (χ1v) is 7.31. The molecule has 1 heterocycles. The van der Waals surface area contributed by atoms with Gasteiger partial charge in [-0.1, -0.05) is 0 Å². The molecule has 18 heavy (non-hydrogen) atoms. The van der Waals surface area contributed by atoms with Crippen molar-refractivity contribution in [2.75, 3.05) is 0 Å². The molecule has 0 N–H and O–H groups in total. The first-order chi connectivity index (χ1) is 8.75. The monoisotopic (exact) mass is 303 g/mol. The first kappa shape index (κ1) is 11.2. The van der Waals surface area contributed by atoms with Crippen molar-refractivity contribution >= 4 is 29.8 Å². The van der Waals surface area contributed by atoms with Gasteiger partial charge in [0.2, 0.25) is 0 Å². The summed E-state index contributed by atoms with van der Waals surface area (Å²) in [5.41, 5.74) is 1.77. The second-order valence-electron chi connectivity index (χ2n) is 3.95. The van der Waals surface area contributed by atoms with E-state index in [2.05, 4.69) is 17.1 Å². The van der Waals surface area contributed by atoms with Gasteiger partial charge < -0.3 is 0 Å². The van der Waals surface area contributed by atoms with Crippen molar-refractivity contribution in [3.8, 4) is 11.1 Å². The standard InChI is InChI=1S/C14H9NO2Se/c16-15(17)13-4-2-1-3-12(13)11-6-5-10-7-8-18-14(10)9-11/h1-9H. The molecule has 88 valence electrons. The number of nitro groups is 1. The fourth-order valence-corrected chi connectivity index (χ4v) is 3.74. The predicted octanol–water partition coefficient (Wildman–Crippen LogP) is 3.47. The fourth-order valence-electron chi connectivity index (χ4n) is 2.00. The Morgan fingerprint density at radius 2 is 1.89 bits per heavy atom. The summed E-state index contributed by atoms with van der Waals surface area (Å²) >= 11 is 0.356. The molecule has 0 bridgehead atoms. The number of rotatable bonds is 2. The van der Waals surface area contributed by atoms with Crippen LogP contribution in [0.2, 0.25) is 0 Å². The molecule has 0 amide bonds. The number of hydrogen-bond donors (Lipinski definition) is 0. The summed E-state index contributed by atoms with van der Waals surface area (Å²) in [6.07, 6.45) is 0. The van der Waals surface area contributed by atoms with E-state index in [-0.39, 0.29) is 10.6 Å². The molecule has 0 fully saturated rings. The van der Waals surface area contributed by atoms with E-state index in [1.54, 1.807) is 18.2 Å². The average Bonchev–Trinajstić information content (AvgIpc) is 2.85. The zero-order chi connectivity index (χ0) is 12.5. The van der Waals surface area contributed by atoms with E-state index in [4.69, 9.17) is 0 Å². The van der Waals surface area contributed by atoms with Gasteiger partial charge in [-0.2, -0.15) is 0 Å². The van der Waals surface area contributed by atoms with Gasteiger partial charge in [-0.15, -0.1) is 0 Å². The molecular weight excluding hydrogens is 293 g/mol. The predicted molar refractivity (Wildman–Crippen MR) is 73.0 cm³/mol. The summed E-state index contributed by atoms with van der Waals surface area (Å²) in [5.74, 6) is 0. The third-order valence-corrected chi connectivity index (χ3v) is 4.71. The molecular formula is C14H9NO2Se. The van der Waals surface area contributed by atoms with Crippen LogP contribution in [0.3, 0.4) is 0 Å². The molecule has 4 heteroatoms. The van der Waals surface area contributed by atoms with Crippen LogP contribution in [-0.4, -0.2) is 19.4 Å². The summed E-state index contributed by atoms with van der Waals surface area (Å²) in [6, 6.07) is 15.0. The van der Waals surface area contributed by atoms with Gasteiger partial charge in [0.25, 0.3) is 0 Å². The topological polar surface area (TPSA) is 43.1 Å². The van der Waals surface area contributed by atoms with Gasteiger partial charge in [0.15, 0.2) is 0 Å². The Hall–Kier alpha value is -1.90. The van der Waals surface area contributed by atoms with Crippen molar-refractivity contribution in [1.29, 1.82) is 0 Å². The van der Waals surface area contributed by atoms with E-state index < -0.39 is 0 Å². The minimum absolute atomic E-state index is 0.163. The molecule has 0 saturated heterocycles. The van der Waals surface area contributed by atoms with E-state index in [0.29, 0.717) is 20.1 Å². The zero-order valence-electron chi connectivity index (χ0n) is 9.37. The van der Waals surface area contributed by atoms with Gasteiger partial charge in [-0.05, 0) is 0 Å². The Balaban J connectivity index is 2.22. The molecule has 0 saturated carbocycles. The van der Waals surface area contributed by atoms with E-state index in [1.165, 1.54) is 9.65 Å². The average molecular weight is 302 g/mol. The van der Waals surface area contributed by atoms with Crippen LogP contribution in [0.15, 0.2) is 53.5 Å². The van der Waals surface area contributed by atoms with Crippen molar-refractivity contribution in [3.63, 3.8) is 0 Å². The molecule has 3 rings (SSSR count). The van der Waals surface area contributed by atoms with Crippen LogP contribution in [0.1, 0.15) is 0 Å². The molecule has 0 atom stereocenters. The quantitative estimate of drug-likeness (QED) is 0.413. The van der Waals surface area contributed by atoms with E-state index in [0.717, 1.165) is 5.56 Å². The Bertz CT molecular complexity index is 733. The van der Waals surface area contributed by atoms with Crippen molar-refractivity contribution in [2.45, 2.75) is 0 Å². The van der Waals surface area contributed by atoms with Crippen molar-refractivity contribution < 1.29 is 4.92 Å². The number of nitrogens with zero attached hydrogens (tertiary/aromatic N) is 1. The van der Waals surface area contributed by atoms with E-state index in [1.807, 2.05) is 18.2 Å². The van der Waals surface area contributed by atoms with Crippen molar-refractivity contribution in [3.05, 3.63) is 63.6 Å². The molecule has 3 aromatic rings. The third kappa shape index (κ3) is 1.86. The Morgan fingerprint density at radius 3 is 2.72 bits per heavy atom. The van der Waals surface area contributed by atoms with Crippen LogP contribution in [0.5, 0.6) is 0 Å². The van der Waals surface area contributed by atoms with Gasteiger partial charge in [0.1, 0.15) is 0 Å². The summed E-state index contributed by atoms with van der Waals surface area (Å²) in [7, 11) is 0. The SMILES string of the molecule is O=[N+]([O-])c1ccccc1-c1ccc2cc[se]c2c1. The molecule has 1 aromatic heterocycles. The number of para-hydroxylation sites is 1. The number of hydrogen-bond acceptors (Lipinski definition) is 2. The number of nitro benzene ring substituents is 1. The van der Waals surface area contributed by atoms with Crippen LogP contribution in [0.25, 0.3) is 20.8 Å². The summed E-state index contributed by atoms with van der Waals surface area (Å²) in [4.78, 5) is 12.9. The van der Waals surface area contributed by atoms with Gasteiger partial charge in [0.05, 0.1) is 0 Å². The molecule has 0 radical (unpaired) electrons. The summed E-state index contributed by atoms with van der Waals surface area (Å²) in [5, 5.41) is 12.3. The van der Waals surface area contributed by atoms with Gasteiger partial charge >= 0.3 is 109 Å². The van der Waals surface area contributed by atoms with Gasteiger partial charge in [-0.3, -0.25) is 0 Å². The summed E-state index contributed by atoms with van der Waals surface area (Å²) < 4.78 is 1.29. The molecule has 0 spiro atoms. The maximum atomic E-state index is 11.0. The zero-order valence-corrected chi connectivity index (χ0v) is 11.1. The Morgan fingerprint density at radius 1 is 1.06 bits per heavy atom. The number of benzene rings is 2. The van der Waals surface area contributed by atoms with E-state index >= 15 is 0 Å². The Labute approximate surface area is 110 Å². The molecule has 0 aliphatic rings. The molecule has 0 aliphatic heterocycles. The van der Waals surface area contributed by atoms with Crippen molar-refractivity contribution in [2.24, 2.45) is 0 Å². The third-order valence-electron chi connectivity index (χ3n) is 2.87. The van der Waals surface area contributed by atoms with Crippen LogP contribution in [0.4, 0.5) is 5.69 Å². The second kappa shape index (κ2) is 4.41. The molecule has 0 aliphatic carbocycles. The Kier molecular flexibility index (Phi) is 2.74. The van der Waals surface area contributed by atoms with Gasteiger partial charge in [0, 0.05) is 0 Å². The van der Waals surface area contributed by atoms with Crippen LogP contribution in [0, 0.1) is 10.1 Å². The normalized spacial score (nSPS) is 10.7. The fraction of sp³-hybridized carbons (Fsp3) is 0. The van der Waals surface area contributed by atoms with Crippen molar-refractivity contribution in [1.82, 2.24) is 0 Å². The molecule has 3 nitrogen and oxygen atoms in total. The van der Waals surface area contributed by atoms with Gasteiger partial charge in [-0.25, -0.2) is 0 Å². The summed E-state index contributed by atoms with van der Waals surface area (Å²) in [6.45, 7) is 0. The first-order valence-electron chi connectivity index (χ1n) is 5.47. The van der Waals surface area contributed by atoms with E-state index in [9.17, 15) is 10.1 Å². The van der Waals surface area contributed by atoms with Crippen LogP contribution < -0.4 is 0 Å². The van der Waals surface area contributed by atoms with Crippen LogP contribution >= 0.6 is 0 Å².